The summed E-state index contributed by atoms with van der Waals surface area (Å²) in [6.07, 6.45) is -4.30. The maximum Gasteiger partial charge on any atom is 0.416 e. The van der Waals surface area contributed by atoms with Crippen molar-refractivity contribution < 1.29 is 13.2 Å². The molecule has 0 spiro atoms. The van der Waals surface area contributed by atoms with Gasteiger partial charge >= 0.3 is 6.18 Å². The second-order valence-electron chi connectivity index (χ2n) is 6.22. The number of halogens is 3. The van der Waals surface area contributed by atoms with E-state index in [0.29, 0.717) is 19.0 Å². The number of aliphatic imine (C=N–C) groups is 1. The SMILES string of the molecule is CN=C(NCCNC(C)(C)C)NCc1ccc(C(F)(F)F)cc1. The van der Waals surface area contributed by atoms with Crippen molar-refractivity contribution in [3.8, 4) is 0 Å². The summed E-state index contributed by atoms with van der Waals surface area (Å²) in [5.74, 6) is 0.612. The van der Waals surface area contributed by atoms with Crippen LogP contribution in [0.5, 0.6) is 0 Å². The van der Waals surface area contributed by atoms with E-state index in [-0.39, 0.29) is 5.54 Å². The van der Waals surface area contributed by atoms with E-state index >= 15 is 0 Å². The topological polar surface area (TPSA) is 48.5 Å². The van der Waals surface area contributed by atoms with Crippen molar-refractivity contribution >= 4 is 5.96 Å². The highest BCUT2D eigenvalue weighted by Crippen LogP contribution is 2.28. The molecular formula is C16H25F3N4. The summed E-state index contributed by atoms with van der Waals surface area (Å²) in [6.45, 7) is 8.15. The fourth-order valence-corrected chi connectivity index (χ4v) is 1.84. The molecule has 0 unspecified atom stereocenters. The molecule has 1 aromatic carbocycles. The van der Waals surface area contributed by atoms with Crippen LogP contribution < -0.4 is 16.0 Å². The number of benzene rings is 1. The van der Waals surface area contributed by atoms with Gasteiger partial charge in [0.1, 0.15) is 0 Å². The van der Waals surface area contributed by atoms with E-state index in [0.717, 1.165) is 24.2 Å². The maximum absolute atomic E-state index is 12.5. The molecule has 1 rings (SSSR count). The van der Waals surface area contributed by atoms with Crippen LogP contribution in [0.4, 0.5) is 13.2 Å². The van der Waals surface area contributed by atoms with Gasteiger partial charge in [0, 0.05) is 32.2 Å². The minimum Gasteiger partial charge on any atom is -0.355 e. The number of hydrogen-bond donors (Lipinski definition) is 3. The molecule has 7 heteroatoms. The first-order valence-corrected chi connectivity index (χ1v) is 7.47. The van der Waals surface area contributed by atoms with Crippen molar-refractivity contribution in [1.29, 1.82) is 0 Å². The summed E-state index contributed by atoms with van der Waals surface area (Å²) < 4.78 is 37.5. The normalized spacial score (nSPS) is 13.1. The van der Waals surface area contributed by atoms with Gasteiger partial charge in [-0.2, -0.15) is 13.2 Å². The third-order valence-corrected chi connectivity index (χ3v) is 3.04. The molecule has 4 nitrogen and oxygen atoms in total. The molecule has 0 atom stereocenters. The molecule has 1 aromatic rings. The molecule has 0 bridgehead atoms. The Labute approximate surface area is 135 Å². The Balaban J connectivity index is 2.40. The van der Waals surface area contributed by atoms with Crippen LogP contribution in [0.25, 0.3) is 0 Å². The molecular weight excluding hydrogens is 305 g/mol. The lowest BCUT2D eigenvalue weighted by molar-refractivity contribution is -0.137. The van der Waals surface area contributed by atoms with Crippen LogP contribution >= 0.6 is 0 Å². The third-order valence-electron chi connectivity index (χ3n) is 3.04. The standard InChI is InChI=1S/C16H25F3N4/c1-15(2,3)23-10-9-21-14(20-4)22-11-12-5-7-13(8-6-12)16(17,18)19/h5-8,23H,9-11H2,1-4H3,(H2,20,21,22). The fourth-order valence-electron chi connectivity index (χ4n) is 1.84. The van der Waals surface area contributed by atoms with Crippen LogP contribution in [-0.2, 0) is 12.7 Å². The molecule has 0 amide bonds. The first-order valence-electron chi connectivity index (χ1n) is 7.47. The molecule has 130 valence electrons. The number of hydrogen-bond acceptors (Lipinski definition) is 2. The summed E-state index contributed by atoms with van der Waals surface area (Å²) in [7, 11) is 1.65. The van der Waals surface area contributed by atoms with Gasteiger partial charge in [-0.15, -0.1) is 0 Å². The Kier molecular flexibility index (Phi) is 6.87. The van der Waals surface area contributed by atoms with Crippen LogP contribution in [-0.4, -0.2) is 31.6 Å². The van der Waals surface area contributed by atoms with Gasteiger partial charge in [-0.05, 0) is 38.5 Å². The first kappa shape index (κ1) is 19.3. The second kappa shape index (κ2) is 8.19. The van der Waals surface area contributed by atoms with Gasteiger partial charge in [0.2, 0.25) is 0 Å². The molecule has 23 heavy (non-hydrogen) atoms. The minimum absolute atomic E-state index is 0.0544. The predicted molar refractivity (Wildman–Crippen MR) is 87.4 cm³/mol. The molecule has 0 saturated heterocycles. The van der Waals surface area contributed by atoms with Gasteiger partial charge in [-0.25, -0.2) is 0 Å². The summed E-state index contributed by atoms with van der Waals surface area (Å²) in [5, 5.41) is 9.56. The molecule has 0 heterocycles. The number of rotatable bonds is 5. The quantitative estimate of drug-likeness (QED) is 0.442. The molecule has 0 saturated carbocycles. The van der Waals surface area contributed by atoms with Crippen LogP contribution in [0.1, 0.15) is 31.9 Å². The third kappa shape index (κ3) is 7.88. The molecule has 0 aliphatic carbocycles. The van der Waals surface area contributed by atoms with Gasteiger partial charge < -0.3 is 16.0 Å². The Morgan fingerprint density at radius 1 is 1.00 bits per heavy atom. The fraction of sp³-hybridized carbons (Fsp3) is 0.562. The second-order valence-corrected chi connectivity index (χ2v) is 6.22. The first-order chi connectivity index (χ1) is 10.6. The summed E-state index contributed by atoms with van der Waals surface area (Å²) in [4.78, 5) is 4.08. The number of alkyl halides is 3. The monoisotopic (exact) mass is 330 g/mol. The average Bonchev–Trinajstić information content (AvgIpc) is 2.45. The van der Waals surface area contributed by atoms with Crippen LogP contribution in [0.3, 0.4) is 0 Å². The van der Waals surface area contributed by atoms with Crippen molar-refractivity contribution in [1.82, 2.24) is 16.0 Å². The van der Waals surface area contributed by atoms with Crippen molar-refractivity contribution in [2.45, 2.75) is 39.0 Å². The van der Waals surface area contributed by atoms with Gasteiger partial charge in [0.25, 0.3) is 0 Å². The molecule has 0 aliphatic rings. The van der Waals surface area contributed by atoms with E-state index in [1.807, 2.05) is 0 Å². The lowest BCUT2D eigenvalue weighted by atomic mass is 10.1. The summed E-state index contributed by atoms with van der Waals surface area (Å²) >= 11 is 0. The zero-order chi connectivity index (χ0) is 17.5. The lowest BCUT2D eigenvalue weighted by Crippen LogP contribution is -2.44. The van der Waals surface area contributed by atoms with E-state index in [1.165, 1.54) is 12.1 Å². The Morgan fingerprint density at radius 3 is 2.09 bits per heavy atom. The maximum atomic E-state index is 12.5. The highest BCUT2D eigenvalue weighted by molar-refractivity contribution is 5.79. The van der Waals surface area contributed by atoms with Crippen LogP contribution in [0, 0.1) is 0 Å². The molecule has 0 aliphatic heterocycles. The Hall–Kier alpha value is -1.76. The van der Waals surface area contributed by atoms with Crippen molar-refractivity contribution in [3.05, 3.63) is 35.4 Å². The highest BCUT2D eigenvalue weighted by Gasteiger charge is 2.29. The van der Waals surface area contributed by atoms with E-state index in [2.05, 4.69) is 41.7 Å². The summed E-state index contributed by atoms with van der Waals surface area (Å²) in [6, 6.07) is 5.09. The predicted octanol–water partition coefficient (Wildman–Crippen LogP) is 2.76. The van der Waals surface area contributed by atoms with Gasteiger partial charge in [0.05, 0.1) is 5.56 Å². The lowest BCUT2D eigenvalue weighted by Gasteiger charge is -2.21. The van der Waals surface area contributed by atoms with Gasteiger partial charge in [-0.3, -0.25) is 4.99 Å². The van der Waals surface area contributed by atoms with E-state index < -0.39 is 11.7 Å². The van der Waals surface area contributed by atoms with Crippen molar-refractivity contribution in [2.75, 3.05) is 20.1 Å². The number of nitrogens with one attached hydrogen (secondary N) is 3. The van der Waals surface area contributed by atoms with Crippen LogP contribution in [0.2, 0.25) is 0 Å². The van der Waals surface area contributed by atoms with Crippen molar-refractivity contribution in [3.63, 3.8) is 0 Å². The van der Waals surface area contributed by atoms with E-state index in [1.54, 1.807) is 7.05 Å². The number of guanidine groups is 1. The average molecular weight is 330 g/mol. The van der Waals surface area contributed by atoms with Gasteiger partial charge in [-0.1, -0.05) is 12.1 Å². The van der Waals surface area contributed by atoms with Crippen LogP contribution in [0.15, 0.2) is 29.3 Å². The van der Waals surface area contributed by atoms with E-state index in [9.17, 15) is 13.2 Å². The number of nitrogens with zero attached hydrogens (tertiary/aromatic N) is 1. The minimum atomic E-state index is -4.30. The van der Waals surface area contributed by atoms with E-state index in [4.69, 9.17) is 0 Å². The molecule has 0 fully saturated rings. The molecule has 3 N–H and O–H groups in total. The van der Waals surface area contributed by atoms with Gasteiger partial charge in [0.15, 0.2) is 5.96 Å². The smallest absolute Gasteiger partial charge is 0.355 e. The summed E-state index contributed by atoms with van der Waals surface area (Å²) in [5.41, 5.74) is 0.171. The zero-order valence-electron chi connectivity index (χ0n) is 14.0. The highest BCUT2D eigenvalue weighted by atomic mass is 19.4. The Morgan fingerprint density at radius 2 is 1.61 bits per heavy atom. The van der Waals surface area contributed by atoms with Crippen molar-refractivity contribution in [2.24, 2.45) is 4.99 Å². The Bertz CT molecular complexity index is 502. The molecule has 0 radical (unpaired) electrons. The molecule has 0 aromatic heterocycles. The zero-order valence-corrected chi connectivity index (χ0v) is 14.0. The largest absolute Gasteiger partial charge is 0.416 e.